The molecule has 3 aromatic heterocycles. The molecule has 0 aliphatic carbocycles. The SMILES string of the molecule is CC(C)Cn1ncc(Nc2ccc3nnc(C(F)(F)F)n3n2)c1C(C)C. The van der Waals surface area contributed by atoms with E-state index in [0.29, 0.717) is 16.1 Å². The number of aromatic nitrogens is 6. The molecule has 0 bridgehead atoms. The summed E-state index contributed by atoms with van der Waals surface area (Å²) in [6.07, 6.45) is -2.96. The Morgan fingerprint density at radius 3 is 2.46 bits per heavy atom. The van der Waals surface area contributed by atoms with Crippen molar-refractivity contribution in [1.29, 1.82) is 0 Å². The Labute approximate surface area is 148 Å². The highest BCUT2D eigenvalue weighted by Crippen LogP contribution is 2.29. The first-order chi connectivity index (χ1) is 12.2. The quantitative estimate of drug-likeness (QED) is 0.741. The second-order valence-corrected chi connectivity index (χ2v) is 6.81. The minimum atomic E-state index is -4.63. The van der Waals surface area contributed by atoms with Gasteiger partial charge in [0.1, 0.15) is 0 Å². The van der Waals surface area contributed by atoms with Crippen LogP contribution in [0.5, 0.6) is 0 Å². The second-order valence-electron chi connectivity index (χ2n) is 6.81. The van der Waals surface area contributed by atoms with Gasteiger partial charge in [-0.05, 0) is 24.0 Å². The minimum Gasteiger partial charge on any atom is -0.336 e. The van der Waals surface area contributed by atoms with E-state index in [1.165, 1.54) is 6.07 Å². The number of fused-ring (bicyclic) bond motifs is 1. The van der Waals surface area contributed by atoms with Gasteiger partial charge in [-0.2, -0.15) is 22.8 Å². The molecule has 1 N–H and O–H groups in total. The molecule has 0 saturated carbocycles. The number of halogens is 3. The maximum absolute atomic E-state index is 13.0. The van der Waals surface area contributed by atoms with Crippen LogP contribution < -0.4 is 5.32 Å². The van der Waals surface area contributed by atoms with Gasteiger partial charge in [0.25, 0.3) is 5.82 Å². The Bertz CT molecular complexity index is 908. The van der Waals surface area contributed by atoms with Gasteiger partial charge in [-0.25, -0.2) is 0 Å². The predicted octanol–water partition coefficient (Wildman–Crippen LogP) is 3.86. The Balaban J connectivity index is 1.98. The molecule has 0 radical (unpaired) electrons. The highest BCUT2D eigenvalue weighted by molar-refractivity contribution is 5.59. The first-order valence-corrected chi connectivity index (χ1v) is 8.29. The van der Waals surface area contributed by atoms with Crippen molar-refractivity contribution in [2.45, 2.75) is 46.3 Å². The van der Waals surface area contributed by atoms with Crippen LogP contribution in [0.15, 0.2) is 18.3 Å². The lowest BCUT2D eigenvalue weighted by Gasteiger charge is -2.15. The molecule has 3 heterocycles. The van der Waals surface area contributed by atoms with Crippen molar-refractivity contribution < 1.29 is 13.2 Å². The fraction of sp³-hybridized carbons (Fsp3) is 0.500. The Kier molecular flexibility index (Phi) is 4.59. The summed E-state index contributed by atoms with van der Waals surface area (Å²) in [7, 11) is 0. The van der Waals surface area contributed by atoms with Gasteiger partial charge >= 0.3 is 6.18 Å². The standard InChI is InChI=1S/C16H20F3N7/c1-9(2)8-25-14(10(3)4)11(7-20-25)21-12-5-6-13-22-23-15(16(17,18)19)26(13)24-12/h5-7,9-10H,8H2,1-4H3,(H,21,24). The van der Waals surface area contributed by atoms with Gasteiger partial charge in [0.05, 0.1) is 17.6 Å². The molecule has 0 unspecified atom stereocenters. The molecule has 0 aliphatic heterocycles. The summed E-state index contributed by atoms with van der Waals surface area (Å²) in [5.74, 6) is -0.297. The molecule has 0 fully saturated rings. The van der Waals surface area contributed by atoms with Crippen molar-refractivity contribution >= 4 is 17.2 Å². The van der Waals surface area contributed by atoms with Crippen molar-refractivity contribution in [3.63, 3.8) is 0 Å². The summed E-state index contributed by atoms with van der Waals surface area (Å²) in [6.45, 7) is 9.03. The van der Waals surface area contributed by atoms with Crippen LogP contribution in [0.3, 0.4) is 0 Å². The second kappa shape index (κ2) is 6.58. The van der Waals surface area contributed by atoms with Gasteiger partial charge in [-0.15, -0.1) is 15.3 Å². The molecule has 0 saturated heterocycles. The molecule has 0 spiro atoms. The highest BCUT2D eigenvalue weighted by atomic mass is 19.4. The normalized spacial score (nSPS) is 12.5. The van der Waals surface area contributed by atoms with Gasteiger partial charge in [-0.1, -0.05) is 27.7 Å². The minimum absolute atomic E-state index is 0.0301. The lowest BCUT2D eigenvalue weighted by molar-refractivity contribution is -0.146. The molecule has 0 aliphatic rings. The summed E-state index contributed by atoms with van der Waals surface area (Å²) < 4.78 is 41.6. The van der Waals surface area contributed by atoms with Crippen LogP contribution in [0.1, 0.15) is 45.1 Å². The van der Waals surface area contributed by atoms with E-state index >= 15 is 0 Å². The van der Waals surface area contributed by atoms with Crippen LogP contribution in [0.4, 0.5) is 24.7 Å². The maximum atomic E-state index is 13.0. The third-order valence-corrected chi connectivity index (χ3v) is 3.74. The number of rotatable bonds is 5. The summed E-state index contributed by atoms with van der Waals surface area (Å²) in [5, 5.41) is 18.1. The fourth-order valence-electron chi connectivity index (χ4n) is 2.76. The largest absolute Gasteiger partial charge is 0.453 e. The van der Waals surface area contributed by atoms with Crippen LogP contribution in [0.2, 0.25) is 0 Å². The van der Waals surface area contributed by atoms with Gasteiger partial charge in [0.15, 0.2) is 11.5 Å². The van der Waals surface area contributed by atoms with Gasteiger partial charge < -0.3 is 5.32 Å². The number of nitrogens with one attached hydrogen (secondary N) is 1. The van der Waals surface area contributed by atoms with Gasteiger partial charge in [0.2, 0.25) is 0 Å². The number of anilines is 2. The lowest BCUT2D eigenvalue weighted by Crippen LogP contribution is -2.13. The lowest BCUT2D eigenvalue weighted by atomic mass is 10.1. The molecule has 10 heteroatoms. The molecule has 3 rings (SSSR count). The number of hydrogen-bond donors (Lipinski definition) is 1. The zero-order valence-electron chi connectivity index (χ0n) is 14.9. The van der Waals surface area contributed by atoms with E-state index in [0.717, 1.165) is 12.2 Å². The van der Waals surface area contributed by atoms with E-state index in [9.17, 15) is 13.2 Å². The summed E-state index contributed by atoms with van der Waals surface area (Å²) in [4.78, 5) is 0. The first-order valence-electron chi connectivity index (χ1n) is 8.29. The Hall–Kier alpha value is -2.65. The van der Waals surface area contributed by atoms with Crippen molar-refractivity contribution in [2.75, 3.05) is 5.32 Å². The van der Waals surface area contributed by atoms with Crippen molar-refractivity contribution in [3.8, 4) is 0 Å². The average Bonchev–Trinajstić information content (AvgIpc) is 3.10. The maximum Gasteiger partial charge on any atom is 0.453 e. The third kappa shape index (κ3) is 3.49. The van der Waals surface area contributed by atoms with E-state index in [1.807, 2.05) is 18.5 Å². The van der Waals surface area contributed by atoms with Crippen LogP contribution >= 0.6 is 0 Å². The van der Waals surface area contributed by atoms with Crippen molar-refractivity contribution in [3.05, 3.63) is 29.8 Å². The van der Waals surface area contributed by atoms with Crippen LogP contribution in [-0.4, -0.2) is 29.6 Å². The van der Waals surface area contributed by atoms with Crippen LogP contribution in [-0.2, 0) is 12.7 Å². The van der Waals surface area contributed by atoms with Crippen LogP contribution in [0.25, 0.3) is 5.65 Å². The molecule has 7 nitrogen and oxygen atoms in total. The smallest absolute Gasteiger partial charge is 0.336 e. The van der Waals surface area contributed by atoms with E-state index in [-0.39, 0.29) is 17.4 Å². The predicted molar refractivity (Wildman–Crippen MR) is 90.2 cm³/mol. The summed E-state index contributed by atoms with van der Waals surface area (Å²) in [5.41, 5.74) is 1.72. The van der Waals surface area contributed by atoms with E-state index < -0.39 is 12.0 Å². The molecular weight excluding hydrogens is 347 g/mol. The van der Waals surface area contributed by atoms with E-state index in [4.69, 9.17) is 0 Å². The molecule has 26 heavy (non-hydrogen) atoms. The molecule has 0 amide bonds. The third-order valence-electron chi connectivity index (χ3n) is 3.74. The zero-order chi connectivity index (χ0) is 19.1. The zero-order valence-corrected chi connectivity index (χ0v) is 14.9. The molecule has 140 valence electrons. The van der Waals surface area contributed by atoms with Crippen molar-refractivity contribution in [1.82, 2.24) is 29.6 Å². The monoisotopic (exact) mass is 367 g/mol. The molecule has 0 atom stereocenters. The molecular formula is C16H20F3N7. The number of nitrogens with zero attached hydrogens (tertiary/aromatic N) is 6. The van der Waals surface area contributed by atoms with Crippen molar-refractivity contribution in [2.24, 2.45) is 5.92 Å². The first kappa shape index (κ1) is 18.2. The number of alkyl halides is 3. The van der Waals surface area contributed by atoms with E-state index in [2.05, 4.69) is 39.6 Å². The van der Waals surface area contributed by atoms with Gasteiger partial charge in [0, 0.05) is 6.54 Å². The summed E-state index contributed by atoms with van der Waals surface area (Å²) >= 11 is 0. The summed E-state index contributed by atoms with van der Waals surface area (Å²) in [6, 6.07) is 3.00. The molecule has 0 aromatic carbocycles. The van der Waals surface area contributed by atoms with E-state index in [1.54, 1.807) is 12.3 Å². The topological polar surface area (TPSA) is 72.9 Å². The van der Waals surface area contributed by atoms with Gasteiger partial charge in [-0.3, -0.25) is 4.68 Å². The fourth-order valence-corrected chi connectivity index (χ4v) is 2.76. The Morgan fingerprint density at radius 1 is 1.12 bits per heavy atom. The average molecular weight is 367 g/mol. The number of hydrogen-bond acceptors (Lipinski definition) is 5. The van der Waals surface area contributed by atoms with Crippen LogP contribution in [0, 0.1) is 5.92 Å². The highest BCUT2D eigenvalue weighted by Gasteiger charge is 2.37. The Morgan fingerprint density at radius 2 is 1.85 bits per heavy atom. The molecule has 3 aromatic rings.